The van der Waals surface area contributed by atoms with Crippen LogP contribution in [0.3, 0.4) is 0 Å². The van der Waals surface area contributed by atoms with Crippen molar-refractivity contribution in [2.24, 2.45) is 0 Å². The predicted octanol–water partition coefficient (Wildman–Crippen LogP) is 2.42. The summed E-state index contributed by atoms with van der Waals surface area (Å²) in [5, 5.41) is 5.13. The van der Waals surface area contributed by atoms with Crippen molar-refractivity contribution in [3.8, 4) is 5.75 Å². The molecule has 2 aromatic rings. The molecule has 0 spiro atoms. The van der Waals surface area contributed by atoms with Crippen LogP contribution in [0.15, 0.2) is 23.6 Å². The third-order valence-corrected chi connectivity index (χ3v) is 6.31. The minimum atomic E-state index is -0.981. The molecule has 2 aliphatic heterocycles. The van der Waals surface area contributed by atoms with Gasteiger partial charge in [0, 0.05) is 17.2 Å². The number of rotatable bonds is 4. The first-order chi connectivity index (χ1) is 14.1. The molecule has 1 aromatic heterocycles. The third-order valence-electron chi connectivity index (χ3n) is 4.99. The van der Waals surface area contributed by atoms with Crippen molar-refractivity contribution >= 4 is 35.0 Å². The molecule has 0 saturated carbocycles. The number of fused-ring (bicyclic) bond motifs is 1. The molecule has 1 saturated heterocycles. The summed E-state index contributed by atoms with van der Waals surface area (Å²) in [6.45, 7) is 6.51. The molecule has 1 unspecified atom stereocenters. The Morgan fingerprint density at radius 3 is 2.57 bits per heavy atom. The van der Waals surface area contributed by atoms with Crippen LogP contribution in [0, 0.1) is 0 Å². The zero-order chi connectivity index (χ0) is 21.6. The molecular weight excluding hydrogens is 406 g/mol. The van der Waals surface area contributed by atoms with Crippen LogP contribution in [-0.2, 0) is 21.6 Å². The number of thiazole rings is 1. The maximum Gasteiger partial charge on any atom is 0.262 e. The number of nitrogens with one attached hydrogen (secondary N) is 1. The van der Waals surface area contributed by atoms with E-state index in [4.69, 9.17) is 4.74 Å². The lowest BCUT2D eigenvalue weighted by Crippen LogP contribution is -2.54. The fourth-order valence-corrected chi connectivity index (χ4v) is 4.31. The Morgan fingerprint density at radius 1 is 1.17 bits per heavy atom. The topological polar surface area (TPSA) is 106 Å². The average Bonchev–Trinajstić information content (AvgIpc) is 3.25. The number of amides is 4. The van der Waals surface area contributed by atoms with Gasteiger partial charge in [0.1, 0.15) is 18.4 Å². The Morgan fingerprint density at radius 2 is 1.90 bits per heavy atom. The SMILES string of the molecule is CC(C)(C)c1nc(COc2ccc3c(c2)C(=O)N(C2CCC(=O)NC2=O)C3=O)cs1. The molecule has 1 fully saturated rings. The third kappa shape index (κ3) is 3.60. The number of imide groups is 2. The Balaban J connectivity index is 1.50. The number of carbonyl (C=O) groups is 4. The van der Waals surface area contributed by atoms with E-state index in [2.05, 4.69) is 31.1 Å². The smallest absolute Gasteiger partial charge is 0.262 e. The van der Waals surface area contributed by atoms with Crippen LogP contribution in [-0.4, -0.2) is 39.6 Å². The number of ether oxygens (including phenoxy) is 1. The van der Waals surface area contributed by atoms with Crippen LogP contribution in [0.1, 0.15) is 65.0 Å². The molecule has 4 amide bonds. The zero-order valence-corrected chi connectivity index (χ0v) is 17.7. The van der Waals surface area contributed by atoms with Crippen molar-refractivity contribution in [1.82, 2.24) is 15.2 Å². The summed E-state index contributed by atoms with van der Waals surface area (Å²) in [4.78, 5) is 54.6. The number of nitrogens with zero attached hydrogens (tertiary/aromatic N) is 2. The highest BCUT2D eigenvalue weighted by atomic mass is 32.1. The lowest BCUT2D eigenvalue weighted by Gasteiger charge is -2.27. The number of hydrogen-bond acceptors (Lipinski definition) is 7. The largest absolute Gasteiger partial charge is 0.487 e. The van der Waals surface area contributed by atoms with Crippen LogP contribution in [0.5, 0.6) is 5.75 Å². The fraction of sp³-hybridized carbons (Fsp3) is 0.381. The van der Waals surface area contributed by atoms with Crippen molar-refractivity contribution < 1.29 is 23.9 Å². The Labute approximate surface area is 177 Å². The summed E-state index contributed by atoms with van der Waals surface area (Å²) in [6, 6.07) is 3.68. The Kier molecular flexibility index (Phi) is 4.93. The second-order valence-corrected chi connectivity index (χ2v) is 9.20. The van der Waals surface area contributed by atoms with Gasteiger partial charge in [-0.2, -0.15) is 0 Å². The average molecular weight is 427 g/mol. The predicted molar refractivity (Wildman–Crippen MR) is 108 cm³/mol. The molecule has 30 heavy (non-hydrogen) atoms. The summed E-state index contributed by atoms with van der Waals surface area (Å²) in [5.41, 5.74) is 1.16. The second-order valence-electron chi connectivity index (χ2n) is 8.34. The van der Waals surface area contributed by atoms with Gasteiger partial charge in [-0.1, -0.05) is 20.8 Å². The van der Waals surface area contributed by atoms with Gasteiger partial charge < -0.3 is 4.74 Å². The fourth-order valence-electron chi connectivity index (χ4n) is 3.41. The number of aromatic nitrogens is 1. The van der Waals surface area contributed by atoms with Crippen molar-refractivity contribution in [2.45, 2.75) is 51.7 Å². The van der Waals surface area contributed by atoms with Gasteiger partial charge in [0.2, 0.25) is 11.8 Å². The molecule has 2 aliphatic rings. The molecule has 1 aromatic carbocycles. The molecule has 1 N–H and O–H groups in total. The molecule has 1 atom stereocenters. The monoisotopic (exact) mass is 427 g/mol. The molecule has 3 heterocycles. The lowest BCUT2D eigenvalue weighted by molar-refractivity contribution is -0.136. The van der Waals surface area contributed by atoms with E-state index < -0.39 is 29.7 Å². The molecule has 4 rings (SSSR count). The van der Waals surface area contributed by atoms with E-state index in [1.54, 1.807) is 17.4 Å². The van der Waals surface area contributed by atoms with Gasteiger partial charge in [-0.3, -0.25) is 29.4 Å². The summed E-state index contributed by atoms with van der Waals surface area (Å²) in [5.74, 6) is -1.69. The van der Waals surface area contributed by atoms with Gasteiger partial charge in [-0.15, -0.1) is 11.3 Å². The maximum absolute atomic E-state index is 12.8. The highest BCUT2D eigenvalue weighted by molar-refractivity contribution is 7.09. The van der Waals surface area contributed by atoms with Crippen LogP contribution in [0.4, 0.5) is 0 Å². The molecule has 0 radical (unpaired) electrons. The van der Waals surface area contributed by atoms with Gasteiger partial charge in [0.05, 0.1) is 21.8 Å². The summed E-state index contributed by atoms with van der Waals surface area (Å²) in [6.07, 6.45) is 0.210. The Bertz CT molecular complexity index is 1070. The van der Waals surface area contributed by atoms with Crippen molar-refractivity contribution in [2.75, 3.05) is 0 Å². The van der Waals surface area contributed by atoms with E-state index >= 15 is 0 Å². The first-order valence-corrected chi connectivity index (χ1v) is 10.5. The van der Waals surface area contributed by atoms with E-state index in [1.165, 1.54) is 12.1 Å². The standard InChI is InChI=1S/C21H21N3O5S/c1-21(2,3)20-22-11(10-30-20)9-29-12-4-5-13-14(8-12)19(28)24(18(13)27)15-6-7-16(25)23-17(15)26/h4-5,8,10,15H,6-7,9H2,1-3H3,(H,23,25,26). The van der Waals surface area contributed by atoms with Crippen molar-refractivity contribution in [3.63, 3.8) is 0 Å². The zero-order valence-electron chi connectivity index (χ0n) is 16.9. The summed E-state index contributed by atoms with van der Waals surface area (Å²) >= 11 is 1.57. The van der Waals surface area contributed by atoms with E-state index in [0.717, 1.165) is 15.6 Å². The lowest BCUT2D eigenvalue weighted by atomic mass is 9.98. The number of hydrogen-bond donors (Lipinski definition) is 1. The van der Waals surface area contributed by atoms with Gasteiger partial charge in [-0.25, -0.2) is 4.98 Å². The van der Waals surface area contributed by atoms with Gasteiger partial charge in [0.15, 0.2) is 0 Å². The van der Waals surface area contributed by atoms with Gasteiger partial charge in [-0.05, 0) is 24.6 Å². The van der Waals surface area contributed by atoms with Gasteiger partial charge in [0.25, 0.3) is 11.8 Å². The van der Waals surface area contributed by atoms with E-state index in [1.807, 2.05) is 5.38 Å². The van der Waals surface area contributed by atoms with Crippen molar-refractivity contribution in [1.29, 1.82) is 0 Å². The van der Waals surface area contributed by atoms with Crippen LogP contribution < -0.4 is 10.1 Å². The second kappa shape index (κ2) is 7.32. The van der Waals surface area contributed by atoms with Crippen LogP contribution in [0.2, 0.25) is 0 Å². The molecule has 9 heteroatoms. The van der Waals surface area contributed by atoms with E-state index in [9.17, 15) is 19.2 Å². The van der Waals surface area contributed by atoms with Crippen LogP contribution in [0.25, 0.3) is 0 Å². The quantitative estimate of drug-likeness (QED) is 0.752. The first kappa shape index (κ1) is 20.2. The Hall–Kier alpha value is -3.07. The maximum atomic E-state index is 12.8. The minimum Gasteiger partial charge on any atom is -0.487 e. The molecular formula is C21H21N3O5S. The molecule has 8 nitrogen and oxygen atoms in total. The van der Waals surface area contributed by atoms with Gasteiger partial charge >= 0.3 is 0 Å². The number of piperidine rings is 1. The highest BCUT2D eigenvalue weighted by Gasteiger charge is 2.44. The van der Waals surface area contributed by atoms with Crippen molar-refractivity contribution in [3.05, 3.63) is 45.4 Å². The normalized spacial score (nSPS) is 19.2. The van der Waals surface area contributed by atoms with Crippen LogP contribution >= 0.6 is 11.3 Å². The molecule has 0 aliphatic carbocycles. The summed E-state index contributed by atoms with van der Waals surface area (Å²) in [7, 11) is 0. The molecule has 0 bridgehead atoms. The van der Waals surface area contributed by atoms with E-state index in [-0.39, 0.29) is 36.0 Å². The summed E-state index contributed by atoms with van der Waals surface area (Å²) < 4.78 is 5.78. The molecule has 156 valence electrons. The highest BCUT2D eigenvalue weighted by Crippen LogP contribution is 2.31. The number of carbonyl (C=O) groups excluding carboxylic acids is 4. The van der Waals surface area contributed by atoms with E-state index in [0.29, 0.717) is 5.75 Å². The number of benzene rings is 1. The minimum absolute atomic E-state index is 0.0389. The first-order valence-electron chi connectivity index (χ1n) is 9.58.